The molecule has 1 aromatic heterocycles. The Hall–Kier alpha value is -1.81. The molecule has 0 spiro atoms. The molecule has 0 saturated heterocycles. The molecule has 96 valence electrons. The predicted molar refractivity (Wildman–Crippen MR) is 72.3 cm³/mol. The normalized spacial score (nSPS) is 10.7. The molecule has 0 aliphatic carbocycles. The molecule has 18 heavy (non-hydrogen) atoms. The Morgan fingerprint density at radius 2 is 1.83 bits per heavy atom. The number of nitrogens with zero attached hydrogens (tertiary/aromatic N) is 1. The number of hydrogen-bond donors (Lipinski definition) is 1. The second kappa shape index (κ2) is 5.23. The van der Waals surface area contributed by atoms with Crippen molar-refractivity contribution in [2.75, 3.05) is 20.8 Å². The van der Waals surface area contributed by atoms with Gasteiger partial charge in [0.15, 0.2) is 0 Å². The highest BCUT2D eigenvalue weighted by Crippen LogP contribution is 2.32. The Labute approximate surface area is 107 Å². The molecule has 0 aliphatic rings. The van der Waals surface area contributed by atoms with Crippen molar-refractivity contribution >= 4 is 10.9 Å². The third-order valence-electron chi connectivity index (χ3n) is 3.06. The maximum atomic E-state index is 5.62. The minimum atomic E-state index is 0.611. The average molecular weight is 246 g/mol. The topological polar surface area (TPSA) is 57.4 Å². The summed E-state index contributed by atoms with van der Waals surface area (Å²) in [5.41, 5.74) is 8.58. The van der Waals surface area contributed by atoms with E-state index in [1.165, 1.54) is 0 Å². The Kier molecular flexibility index (Phi) is 3.67. The molecule has 2 aromatic rings. The van der Waals surface area contributed by atoms with Crippen LogP contribution in [0.2, 0.25) is 0 Å². The number of pyridine rings is 1. The maximum Gasteiger partial charge on any atom is 0.145 e. The van der Waals surface area contributed by atoms with Crippen molar-refractivity contribution < 1.29 is 9.47 Å². The van der Waals surface area contributed by atoms with Gasteiger partial charge in [-0.1, -0.05) is 0 Å². The van der Waals surface area contributed by atoms with Gasteiger partial charge in [0.25, 0.3) is 0 Å². The summed E-state index contributed by atoms with van der Waals surface area (Å²) in [4.78, 5) is 4.61. The van der Waals surface area contributed by atoms with E-state index in [9.17, 15) is 0 Å². The molecule has 1 aromatic carbocycles. The smallest absolute Gasteiger partial charge is 0.145 e. The number of rotatable bonds is 4. The SMILES string of the molecule is COc1ccc(OC)c2nc(C)c(CCN)cc12. The van der Waals surface area contributed by atoms with Crippen LogP contribution in [-0.2, 0) is 6.42 Å². The van der Waals surface area contributed by atoms with E-state index in [0.717, 1.165) is 40.1 Å². The van der Waals surface area contributed by atoms with Gasteiger partial charge in [-0.2, -0.15) is 0 Å². The van der Waals surface area contributed by atoms with E-state index >= 15 is 0 Å². The number of ether oxygens (including phenoxy) is 2. The molecule has 0 radical (unpaired) electrons. The molecular weight excluding hydrogens is 228 g/mol. The molecule has 0 amide bonds. The Morgan fingerprint density at radius 1 is 1.17 bits per heavy atom. The minimum Gasteiger partial charge on any atom is -0.496 e. The second-order valence-corrected chi connectivity index (χ2v) is 4.14. The first-order valence-electron chi connectivity index (χ1n) is 5.92. The van der Waals surface area contributed by atoms with Gasteiger partial charge in [-0.25, -0.2) is 4.98 Å². The van der Waals surface area contributed by atoms with Crippen LogP contribution < -0.4 is 15.2 Å². The fraction of sp³-hybridized carbons (Fsp3) is 0.357. The van der Waals surface area contributed by atoms with E-state index in [0.29, 0.717) is 6.54 Å². The van der Waals surface area contributed by atoms with E-state index in [4.69, 9.17) is 15.2 Å². The van der Waals surface area contributed by atoms with Gasteiger partial charge < -0.3 is 15.2 Å². The molecule has 0 atom stereocenters. The minimum absolute atomic E-state index is 0.611. The van der Waals surface area contributed by atoms with Crippen LogP contribution in [-0.4, -0.2) is 25.7 Å². The number of hydrogen-bond acceptors (Lipinski definition) is 4. The zero-order valence-electron chi connectivity index (χ0n) is 11.0. The Morgan fingerprint density at radius 3 is 2.44 bits per heavy atom. The van der Waals surface area contributed by atoms with Crippen molar-refractivity contribution in [2.24, 2.45) is 5.73 Å². The van der Waals surface area contributed by atoms with Crippen LogP contribution >= 0.6 is 0 Å². The Bertz CT molecular complexity index is 567. The first kappa shape index (κ1) is 12.6. The molecule has 4 nitrogen and oxygen atoms in total. The summed E-state index contributed by atoms with van der Waals surface area (Å²) in [6.45, 7) is 2.60. The Balaban J connectivity index is 2.72. The standard InChI is InChI=1S/C14H18N2O2/c1-9-10(6-7-15)8-11-12(17-2)4-5-13(18-3)14(11)16-9/h4-5,8H,6-7,15H2,1-3H3. The first-order chi connectivity index (χ1) is 8.71. The summed E-state index contributed by atoms with van der Waals surface area (Å²) >= 11 is 0. The highest BCUT2D eigenvalue weighted by Gasteiger charge is 2.11. The lowest BCUT2D eigenvalue weighted by Gasteiger charge is -2.12. The van der Waals surface area contributed by atoms with Crippen LogP contribution in [0.25, 0.3) is 10.9 Å². The van der Waals surface area contributed by atoms with Gasteiger partial charge >= 0.3 is 0 Å². The number of aryl methyl sites for hydroxylation is 1. The predicted octanol–water partition coefficient (Wildman–Crippen LogP) is 2.06. The summed E-state index contributed by atoms with van der Waals surface area (Å²) in [5.74, 6) is 1.56. The molecule has 1 heterocycles. The summed E-state index contributed by atoms with van der Waals surface area (Å²) in [7, 11) is 3.30. The fourth-order valence-corrected chi connectivity index (χ4v) is 2.09. The van der Waals surface area contributed by atoms with E-state index < -0.39 is 0 Å². The van der Waals surface area contributed by atoms with E-state index in [1.807, 2.05) is 19.1 Å². The molecule has 4 heteroatoms. The highest BCUT2D eigenvalue weighted by molar-refractivity contribution is 5.90. The number of fused-ring (bicyclic) bond motifs is 1. The average Bonchev–Trinajstić information content (AvgIpc) is 2.39. The van der Waals surface area contributed by atoms with E-state index in [1.54, 1.807) is 14.2 Å². The van der Waals surface area contributed by atoms with E-state index in [2.05, 4.69) is 11.1 Å². The van der Waals surface area contributed by atoms with Gasteiger partial charge in [0.05, 0.1) is 14.2 Å². The molecule has 0 saturated carbocycles. The lowest BCUT2D eigenvalue weighted by atomic mass is 10.1. The van der Waals surface area contributed by atoms with Crippen LogP contribution in [0.15, 0.2) is 18.2 Å². The van der Waals surface area contributed by atoms with Crippen LogP contribution in [0.3, 0.4) is 0 Å². The monoisotopic (exact) mass is 246 g/mol. The van der Waals surface area contributed by atoms with Crippen molar-refractivity contribution in [3.63, 3.8) is 0 Å². The molecule has 0 fully saturated rings. The zero-order chi connectivity index (χ0) is 13.1. The lowest BCUT2D eigenvalue weighted by molar-refractivity contribution is 0.409. The maximum absolute atomic E-state index is 5.62. The largest absolute Gasteiger partial charge is 0.496 e. The van der Waals surface area contributed by atoms with Crippen molar-refractivity contribution in [1.29, 1.82) is 0 Å². The van der Waals surface area contributed by atoms with Crippen LogP contribution in [0.1, 0.15) is 11.3 Å². The third kappa shape index (κ3) is 2.11. The molecular formula is C14H18N2O2. The van der Waals surface area contributed by atoms with Gasteiger partial charge in [0.1, 0.15) is 17.0 Å². The summed E-state index contributed by atoms with van der Waals surface area (Å²) in [6, 6.07) is 5.85. The summed E-state index contributed by atoms with van der Waals surface area (Å²) < 4.78 is 10.7. The molecule has 0 bridgehead atoms. The van der Waals surface area contributed by atoms with Crippen LogP contribution in [0.5, 0.6) is 11.5 Å². The molecule has 2 N–H and O–H groups in total. The molecule has 2 rings (SSSR count). The lowest BCUT2D eigenvalue weighted by Crippen LogP contribution is -2.05. The van der Waals surface area contributed by atoms with Crippen molar-refractivity contribution in [1.82, 2.24) is 4.98 Å². The van der Waals surface area contributed by atoms with Crippen molar-refractivity contribution in [2.45, 2.75) is 13.3 Å². The second-order valence-electron chi connectivity index (χ2n) is 4.14. The third-order valence-corrected chi connectivity index (χ3v) is 3.06. The molecule has 0 aliphatic heterocycles. The zero-order valence-corrected chi connectivity index (χ0v) is 11.0. The van der Waals surface area contributed by atoms with Gasteiger partial charge in [-0.05, 0) is 43.7 Å². The van der Waals surface area contributed by atoms with Gasteiger partial charge in [-0.15, -0.1) is 0 Å². The van der Waals surface area contributed by atoms with Gasteiger partial charge in [-0.3, -0.25) is 0 Å². The van der Waals surface area contributed by atoms with Crippen LogP contribution in [0, 0.1) is 6.92 Å². The van der Waals surface area contributed by atoms with Crippen molar-refractivity contribution in [3.8, 4) is 11.5 Å². The van der Waals surface area contributed by atoms with Gasteiger partial charge in [0.2, 0.25) is 0 Å². The number of aromatic nitrogens is 1. The number of benzene rings is 1. The number of methoxy groups -OCH3 is 2. The fourth-order valence-electron chi connectivity index (χ4n) is 2.09. The van der Waals surface area contributed by atoms with Gasteiger partial charge in [0, 0.05) is 11.1 Å². The highest BCUT2D eigenvalue weighted by atomic mass is 16.5. The van der Waals surface area contributed by atoms with E-state index in [-0.39, 0.29) is 0 Å². The number of nitrogens with two attached hydrogens (primary N) is 1. The first-order valence-corrected chi connectivity index (χ1v) is 5.92. The van der Waals surface area contributed by atoms with Crippen LogP contribution in [0.4, 0.5) is 0 Å². The summed E-state index contributed by atoms with van der Waals surface area (Å²) in [5, 5.41) is 0.964. The summed E-state index contributed by atoms with van der Waals surface area (Å²) in [6.07, 6.45) is 0.815. The quantitative estimate of drug-likeness (QED) is 0.897. The molecule has 0 unspecified atom stereocenters. The van der Waals surface area contributed by atoms with Crippen molar-refractivity contribution in [3.05, 3.63) is 29.5 Å².